The molecule has 1 saturated heterocycles. The number of carbonyl (C=O) groups is 1. The van der Waals surface area contributed by atoms with Crippen molar-refractivity contribution in [1.29, 1.82) is 0 Å². The highest BCUT2D eigenvalue weighted by molar-refractivity contribution is 5.85. The van der Waals surface area contributed by atoms with E-state index in [0.29, 0.717) is 12.5 Å². The monoisotopic (exact) mass is 326 g/mol. The molecule has 1 N–H and O–H groups in total. The van der Waals surface area contributed by atoms with Crippen LogP contribution in [0, 0.1) is 0 Å². The molecule has 3 unspecified atom stereocenters. The smallest absolute Gasteiger partial charge is 0.223 e. The fourth-order valence-corrected chi connectivity index (χ4v) is 2.84. The Morgan fingerprint density at radius 2 is 2.00 bits per heavy atom. The lowest BCUT2D eigenvalue weighted by atomic mass is 9.96. The van der Waals surface area contributed by atoms with Crippen molar-refractivity contribution in [2.45, 2.75) is 45.2 Å². The summed E-state index contributed by atoms with van der Waals surface area (Å²) in [5, 5.41) is 3.41. The van der Waals surface area contributed by atoms with Crippen LogP contribution in [0.25, 0.3) is 0 Å². The maximum Gasteiger partial charge on any atom is 0.223 e. The van der Waals surface area contributed by atoms with E-state index in [-0.39, 0.29) is 30.3 Å². The molecule has 0 aromatic heterocycles. The molecule has 22 heavy (non-hydrogen) atoms. The summed E-state index contributed by atoms with van der Waals surface area (Å²) in [5.74, 6) is 1.32. The van der Waals surface area contributed by atoms with Gasteiger partial charge >= 0.3 is 0 Å². The second kappa shape index (κ2) is 8.39. The summed E-state index contributed by atoms with van der Waals surface area (Å²) < 4.78 is 5.17. The minimum atomic E-state index is 0. The van der Waals surface area contributed by atoms with Crippen molar-refractivity contribution in [3.63, 3.8) is 0 Å². The van der Waals surface area contributed by atoms with Crippen molar-refractivity contribution in [3.8, 4) is 5.75 Å². The number of hydrogen-bond donors (Lipinski definition) is 1. The molecule has 0 aliphatic carbocycles. The first-order valence-electron chi connectivity index (χ1n) is 7.69. The molecule has 0 spiro atoms. The quantitative estimate of drug-likeness (QED) is 0.925. The van der Waals surface area contributed by atoms with Crippen molar-refractivity contribution in [3.05, 3.63) is 29.8 Å². The SMILES string of the molecule is COc1ccc(C(C)CC(=O)N2CCNC(C)C2C)cc1.Cl. The van der Waals surface area contributed by atoms with Crippen LogP contribution in [0.15, 0.2) is 24.3 Å². The fourth-order valence-electron chi connectivity index (χ4n) is 2.84. The Bertz CT molecular complexity index is 478. The van der Waals surface area contributed by atoms with Gasteiger partial charge in [0.05, 0.1) is 7.11 Å². The van der Waals surface area contributed by atoms with Crippen LogP contribution in [0.1, 0.15) is 38.7 Å². The van der Waals surface area contributed by atoms with Gasteiger partial charge in [-0.2, -0.15) is 0 Å². The normalized spacial score (nSPS) is 22.6. The first kappa shape index (κ1) is 18.8. The van der Waals surface area contributed by atoms with Crippen molar-refractivity contribution < 1.29 is 9.53 Å². The van der Waals surface area contributed by atoms with Gasteiger partial charge < -0.3 is 15.0 Å². The number of halogens is 1. The molecule has 1 aliphatic heterocycles. The maximum absolute atomic E-state index is 12.5. The summed E-state index contributed by atoms with van der Waals surface area (Å²) >= 11 is 0. The molecule has 3 atom stereocenters. The summed E-state index contributed by atoms with van der Waals surface area (Å²) in [7, 11) is 1.66. The van der Waals surface area contributed by atoms with Gasteiger partial charge in [-0.1, -0.05) is 19.1 Å². The van der Waals surface area contributed by atoms with Crippen molar-refractivity contribution in [1.82, 2.24) is 10.2 Å². The van der Waals surface area contributed by atoms with Gasteiger partial charge in [-0.15, -0.1) is 12.4 Å². The van der Waals surface area contributed by atoms with Crippen LogP contribution in [-0.2, 0) is 4.79 Å². The number of nitrogens with zero attached hydrogens (tertiary/aromatic N) is 1. The standard InChI is InChI=1S/C17H26N2O2.ClH/c1-12(15-5-7-16(21-4)8-6-15)11-17(20)19-10-9-18-13(2)14(19)3;/h5-8,12-14,18H,9-11H2,1-4H3;1H. The van der Waals surface area contributed by atoms with Crippen molar-refractivity contribution >= 4 is 18.3 Å². The van der Waals surface area contributed by atoms with E-state index in [1.807, 2.05) is 29.2 Å². The molecule has 1 aromatic carbocycles. The molecule has 1 aromatic rings. The van der Waals surface area contributed by atoms with Gasteiger partial charge in [-0.25, -0.2) is 0 Å². The van der Waals surface area contributed by atoms with Gasteiger partial charge in [0.2, 0.25) is 5.91 Å². The summed E-state index contributed by atoms with van der Waals surface area (Å²) in [6, 6.07) is 8.60. The van der Waals surface area contributed by atoms with E-state index in [2.05, 4.69) is 26.1 Å². The highest BCUT2D eigenvalue weighted by Crippen LogP contribution is 2.23. The molecular formula is C17H27ClN2O2. The zero-order chi connectivity index (χ0) is 15.4. The van der Waals surface area contributed by atoms with E-state index in [1.165, 1.54) is 5.56 Å². The number of hydrogen-bond acceptors (Lipinski definition) is 3. The molecule has 0 bridgehead atoms. The Labute approximate surface area is 139 Å². The number of nitrogens with one attached hydrogen (secondary N) is 1. The number of amides is 1. The molecule has 0 radical (unpaired) electrons. The number of benzene rings is 1. The minimum absolute atomic E-state index is 0. The largest absolute Gasteiger partial charge is 0.497 e. The number of carbonyl (C=O) groups excluding carboxylic acids is 1. The van der Waals surface area contributed by atoms with E-state index in [9.17, 15) is 4.79 Å². The lowest BCUT2D eigenvalue weighted by molar-refractivity contribution is -0.135. The zero-order valence-electron chi connectivity index (χ0n) is 13.8. The van der Waals surface area contributed by atoms with Crippen LogP contribution in [-0.4, -0.2) is 43.1 Å². The lowest BCUT2D eigenvalue weighted by Gasteiger charge is -2.39. The van der Waals surface area contributed by atoms with E-state index in [1.54, 1.807) is 7.11 Å². The van der Waals surface area contributed by atoms with Gasteiger partial charge in [-0.05, 0) is 37.5 Å². The van der Waals surface area contributed by atoms with Crippen molar-refractivity contribution in [2.24, 2.45) is 0 Å². The van der Waals surface area contributed by atoms with E-state index in [0.717, 1.165) is 18.8 Å². The van der Waals surface area contributed by atoms with Gasteiger partial charge in [-0.3, -0.25) is 4.79 Å². The van der Waals surface area contributed by atoms with Gasteiger partial charge in [0.15, 0.2) is 0 Å². The zero-order valence-corrected chi connectivity index (χ0v) is 14.7. The van der Waals surface area contributed by atoms with E-state index >= 15 is 0 Å². The number of ether oxygens (including phenoxy) is 1. The summed E-state index contributed by atoms with van der Waals surface area (Å²) in [6.45, 7) is 8.05. The second-order valence-electron chi connectivity index (χ2n) is 5.95. The third-order valence-electron chi connectivity index (χ3n) is 4.52. The lowest BCUT2D eigenvalue weighted by Crippen LogP contribution is -2.57. The third-order valence-corrected chi connectivity index (χ3v) is 4.52. The fraction of sp³-hybridized carbons (Fsp3) is 0.588. The summed E-state index contributed by atoms with van der Waals surface area (Å²) in [5.41, 5.74) is 1.18. The number of methoxy groups -OCH3 is 1. The van der Waals surface area contributed by atoms with Crippen LogP contribution >= 0.6 is 12.4 Å². The number of piperazine rings is 1. The molecule has 1 fully saturated rings. The number of rotatable bonds is 4. The molecule has 4 nitrogen and oxygen atoms in total. The van der Waals surface area contributed by atoms with Crippen molar-refractivity contribution in [2.75, 3.05) is 20.2 Å². The van der Waals surface area contributed by atoms with Crippen LogP contribution in [0.5, 0.6) is 5.75 Å². The Morgan fingerprint density at radius 3 is 2.59 bits per heavy atom. The Balaban J connectivity index is 0.00000242. The molecule has 1 amide bonds. The molecule has 1 aliphatic rings. The average molecular weight is 327 g/mol. The van der Waals surface area contributed by atoms with Gasteiger partial charge in [0.1, 0.15) is 5.75 Å². The highest BCUT2D eigenvalue weighted by Gasteiger charge is 2.28. The highest BCUT2D eigenvalue weighted by atomic mass is 35.5. The Kier molecular flexibility index (Phi) is 7.17. The topological polar surface area (TPSA) is 41.6 Å². The maximum atomic E-state index is 12.5. The molecule has 5 heteroatoms. The predicted octanol–water partition coefficient (Wildman–Crippen LogP) is 2.82. The van der Waals surface area contributed by atoms with E-state index in [4.69, 9.17) is 4.74 Å². The molecule has 124 valence electrons. The van der Waals surface area contributed by atoms with Crippen LogP contribution in [0.4, 0.5) is 0 Å². The Morgan fingerprint density at radius 1 is 1.36 bits per heavy atom. The first-order valence-corrected chi connectivity index (χ1v) is 7.69. The van der Waals surface area contributed by atoms with Crippen LogP contribution in [0.3, 0.4) is 0 Å². The second-order valence-corrected chi connectivity index (χ2v) is 5.95. The average Bonchev–Trinajstić information content (AvgIpc) is 2.50. The molecule has 1 heterocycles. The molecular weight excluding hydrogens is 300 g/mol. The molecule has 0 saturated carbocycles. The summed E-state index contributed by atoms with van der Waals surface area (Å²) in [6.07, 6.45) is 0.559. The predicted molar refractivity (Wildman–Crippen MR) is 91.9 cm³/mol. The van der Waals surface area contributed by atoms with Gasteiger partial charge in [0.25, 0.3) is 0 Å². The van der Waals surface area contributed by atoms with E-state index < -0.39 is 0 Å². The summed E-state index contributed by atoms with van der Waals surface area (Å²) in [4.78, 5) is 14.5. The van der Waals surface area contributed by atoms with Crippen LogP contribution in [0.2, 0.25) is 0 Å². The van der Waals surface area contributed by atoms with Gasteiger partial charge in [0, 0.05) is 31.6 Å². The van der Waals surface area contributed by atoms with Crippen LogP contribution < -0.4 is 10.1 Å². The Hall–Kier alpha value is -1.26. The third kappa shape index (κ3) is 4.37. The molecule has 2 rings (SSSR count). The first-order chi connectivity index (χ1) is 10.0. The minimum Gasteiger partial charge on any atom is -0.497 e.